The summed E-state index contributed by atoms with van der Waals surface area (Å²) in [6, 6.07) is 21.0. The lowest BCUT2D eigenvalue weighted by atomic mass is 10.1. The van der Waals surface area contributed by atoms with E-state index in [-0.39, 0.29) is 11.3 Å². The van der Waals surface area contributed by atoms with E-state index >= 15 is 0 Å². The first kappa shape index (κ1) is 22.6. The van der Waals surface area contributed by atoms with Crippen LogP contribution in [0.25, 0.3) is 6.08 Å². The van der Waals surface area contributed by atoms with Gasteiger partial charge < -0.3 is 18.9 Å². The summed E-state index contributed by atoms with van der Waals surface area (Å²) in [5, 5.41) is -0.363. The first-order valence-electron chi connectivity index (χ1n) is 10.3. The number of nitrogens with zero attached hydrogens (tertiary/aromatic N) is 1. The molecule has 1 aliphatic heterocycles. The summed E-state index contributed by atoms with van der Waals surface area (Å²) in [4.78, 5) is 16.1. The summed E-state index contributed by atoms with van der Waals surface area (Å²) in [7, 11) is 6.32. The third-order valence-electron chi connectivity index (χ3n) is 5.32. The van der Waals surface area contributed by atoms with Crippen LogP contribution < -0.4 is 23.8 Å². The van der Waals surface area contributed by atoms with Crippen molar-refractivity contribution in [3.63, 3.8) is 0 Å². The number of thioether (sulfide) groups is 1. The van der Waals surface area contributed by atoms with Crippen molar-refractivity contribution in [3.05, 3.63) is 82.8 Å². The van der Waals surface area contributed by atoms with Gasteiger partial charge in [-0.1, -0.05) is 54.2 Å². The third-order valence-corrected chi connectivity index (χ3v) is 6.57. The van der Waals surface area contributed by atoms with E-state index in [0.717, 1.165) is 11.1 Å². The number of hydrogen-bond acceptors (Lipinski definition) is 6. The minimum absolute atomic E-state index is 0.105. The second-order valence-corrected chi connectivity index (χ2v) is 8.32. The van der Waals surface area contributed by atoms with Crippen LogP contribution in [0, 0.1) is 0 Å². The molecule has 3 aromatic rings. The van der Waals surface area contributed by atoms with Crippen molar-refractivity contribution in [2.24, 2.45) is 0 Å². The number of ether oxygens (including phenoxy) is 4. The van der Waals surface area contributed by atoms with Gasteiger partial charge in [-0.15, -0.1) is 0 Å². The molecular formula is C26H25NO5S. The predicted molar refractivity (Wildman–Crippen MR) is 131 cm³/mol. The number of carbonyl (C=O) groups excluding carboxylic acids is 1. The molecule has 1 atom stereocenters. The highest BCUT2D eigenvalue weighted by Crippen LogP contribution is 2.52. The Balaban J connectivity index is 1.87. The molecule has 0 spiro atoms. The summed E-state index contributed by atoms with van der Waals surface area (Å²) >= 11 is 1.47. The van der Waals surface area contributed by atoms with Gasteiger partial charge >= 0.3 is 0 Å². The van der Waals surface area contributed by atoms with Gasteiger partial charge in [-0.3, -0.25) is 9.69 Å². The molecular weight excluding hydrogens is 438 g/mol. The Hall–Kier alpha value is -3.58. The molecule has 0 saturated carbocycles. The summed E-state index contributed by atoms with van der Waals surface area (Å²) in [5.74, 6) is 2.07. The highest BCUT2D eigenvalue weighted by Gasteiger charge is 2.40. The SMILES string of the molecule is COc1ccccc1N1C(=O)/C(=C/c2ccccc2)SC1c1cc(OC)c(OC)c(OC)c1. The van der Waals surface area contributed by atoms with E-state index in [1.54, 1.807) is 33.3 Å². The number of anilines is 1. The van der Waals surface area contributed by atoms with Crippen LogP contribution in [0.1, 0.15) is 16.5 Å². The van der Waals surface area contributed by atoms with E-state index in [2.05, 4.69) is 0 Å². The zero-order chi connectivity index (χ0) is 23.4. The molecule has 0 bridgehead atoms. The average molecular weight is 464 g/mol. The smallest absolute Gasteiger partial charge is 0.266 e. The summed E-state index contributed by atoms with van der Waals surface area (Å²) in [6.45, 7) is 0. The molecule has 0 aliphatic carbocycles. The van der Waals surface area contributed by atoms with E-state index in [1.807, 2.05) is 72.8 Å². The highest BCUT2D eigenvalue weighted by molar-refractivity contribution is 8.05. The van der Waals surface area contributed by atoms with Gasteiger partial charge in [0, 0.05) is 0 Å². The Morgan fingerprint density at radius 3 is 2.00 bits per heavy atom. The first-order chi connectivity index (χ1) is 16.1. The molecule has 170 valence electrons. The Kier molecular flexibility index (Phi) is 6.79. The standard InChI is InChI=1S/C26H25NO5S/c1-29-20-13-9-8-12-19(20)27-25(28)23(14-17-10-6-5-7-11-17)33-26(27)18-15-21(30-2)24(32-4)22(16-18)31-3/h5-16,26H,1-4H3/b23-14-. The fourth-order valence-corrected chi connectivity index (χ4v) is 5.00. The van der Waals surface area contributed by atoms with Crippen molar-refractivity contribution in [3.8, 4) is 23.0 Å². The van der Waals surface area contributed by atoms with Gasteiger partial charge in [0.1, 0.15) is 11.1 Å². The summed E-state index contributed by atoms with van der Waals surface area (Å²) in [5.41, 5.74) is 2.48. The summed E-state index contributed by atoms with van der Waals surface area (Å²) in [6.07, 6.45) is 1.91. The number of benzene rings is 3. The number of para-hydroxylation sites is 2. The van der Waals surface area contributed by atoms with Gasteiger partial charge in [-0.05, 0) is 41.5 Å². The van der Waals surface area contributed by atoms with Crippen molar-refractivity contribution >= 4 is 29.4 Å². The van der Waals surface area contributed by atoms with Crippen molar-refractivity contribution in [1.82, 2.24) is 0 Å². The van der Waals surface area contributed by atoms with Crippen molar-refractivity contribution < 1.29 is 23.7 Å². The lowest BCUT2D eigenvalue weighted by molar-refractivity contribution is -0.114. The maximum Gasteiger partial charge on any atom is 0.266 e. The van der Waals surface area contributed by atoms with E-state index < -0.39 is 0 Å². The molecule has 0 aromatic heterocycles. The maximum atomic E-state index is 13.7. The van der Waals surface area contributed by atoms with E-state index in [4.69, 9.17) is 18.9 Å². The first-order valence-corrected chi connectivity index (χ1v) is 11.2. The van der Waals surface area contributed by atoms with Crippen LogP contribution in [-0.4, -0.2) is 34.3 Å². The topological polar surface area (TPSA) is 57.2 Å². The molecule has 4 rings (SSSR count). The van der Waals surface area contributed by atoms with Crippen LogP contribution in [0.15, 0.2) is 71.6 Å². The minimum atomic E-state index is -0.363. The van der Waals surface area contributed by atoms with Gasteiger partial charge in [0.15, 0.2) is 11.5 Å². The van der Waals surface area contributed by atoms with Gasteiger partial charge in [0.25, 0.3) is 5.91 Å². The number of methoxy groups -OCH3 is 4. The maximum absolute atomic E-state index is 13.7. The normalized spacial score (nSPS) is 16.7. The van der Waals surface area contributed by atoms with E-state index in [1.165, 1.54) is 11.8 Å². The molecule has 1 aliphatic rings. The van der Waals surface area contributed by atoms with Crippen LogP contribution in [0.5, 0.6) is 23.0 Å². The molecule has 3 aromatic carbocycles. The molecule has 1 fully saturated rings. The van der Waals surface area contributed by atoms with E-state index in [9.17, 15) is 4.79 Å². The zero-order valence-electron chi connectivity index (χ0n) is 18.9. The highest BCUT2D eigenvalue weighted by atomic mass is 32.2. The Morgan fingerprint density at radius 2 is 1.39 bits per heavy atom. The predicted octanol–water partition coefficient (Wildman–Crippen LogP) is 5.54. The fraction of sp³-hybridized carbons (Fsp3) is 0.192. The van der Waals surface area contributed by atoms with Crippen LogP contribution in [0.4, 0.5) is 5.69 Å². The molecule has 6 nitrogen and oxygen atoms in total. The molecule has 1 unspecified atom stereocenters. The van der Waals surface area contributed by atoms with Crippen LogP contribution in [0.2, 0.25) is 0 Å². The van der Waals surface area contributed by atoms with Gasteiger partial charge in [0.05, 0.1) is 39.0 Å². The van der Waals surface area contributed by atoms with Crippen LogP contribution >= 0.6 is 11.8 Å². The molecule has 1 amide bonds. The number of amides is 1. The molecule has 0 radical (unpaired) electrons. The lowest BCUT2D eigenvalue weighted by Gasteiger charge is -2.26. The monoisotopic (exact) mass is 463 g/mol. The van der Waals surface area contributed by atoms with Crippen molar-refractivity contribution in [2.45, 2.75) is 5.37 Å². The second kappa shape index (κ2) is 9.92. The van der Waals surface area contributed by atoms with Crippen LogP contribution in [-0.2, 0) is 4.79 Å². The van der Waals surface area contributed by atoms with Crippen LogP contribution in [0.3, 0.4) is 0 Å². The molecule has 7 heteroatoms. The molecule has 33 heavy (non-hydrogen) atoms. The zero-order valence-corrected chi connectivity index (χ0v) is 19.7. The fourth-order valence-electron chi connectivity index (χ4n) is 3.77. The lowest BCUT2D eigenvalue weighted by Crippen LogP contribution is -2.27. The summed E-state index contributed by atoms with van der Waals surface area (Å²) < 4.78 is 22.2. The molecule has 1 saturated heterocycles. The molecule has 0 N–H and O–H groups in total. The Bertz CT molecular complexity index is 1150. The third kappa shape index (κ3) is 4.36. The average Bonchev–Trinajstić information content (AvgIpc) is 3.19. The number of carbonyl (C=O) groups is 1. The number of rotatable bonds is 7. The minimum Gasteiger partial charge on any atom is -0.495 e. The quantitative estimate of drug-likeness (QED) is 0.429. The van der Waals surface area contributed by atoms with E-state index in [0.29, 0.717) is 33.6 Å². The largest absolute Gasteiger partial charge is 0.495 e. The van der Waals surface area contributed by atoms with Gasteiger partial charge in [-0.2, -0.15) is 0 Å². The second-order valence-electron chi connectivity index (χ2n) is 7.20. The number of hydrogen-bond donors (Lipinski definition) is 0. The van der Waals surface area contributed by atoms with Crippen molar-refractivity contribution in [2.75, 3.05) is 33.3 Å². The molecule has 1 heterocycles. The Morgan fingerprint density at radius 1 is 0.788 bits per heavy atom. The van der Waals surface area contributed by atoms with Gasteiger partial charge in [-0.25, -0.2) is 0 Å². The van der Waals surface area contributed by atoms with Gasteiger partial charge in [0.2, 0.25) is 5.75 Å². The Labute approximate surface area is 197 Å². The van der Waals surface area contributed by atoms with Crippen molar-refractivity contribution in [1.29, 1.82) is 0 Å².